The topological polar surface area (TPSA) is 63.1 Å². The molecule has 1 aliphatic rings. The van der Waals surface area contributed by atoms with Gasteiger partial charge in [0.05, 0.1) is 0 Å². The highest BCUT2D eigenvalue weighted by Gasteiger charge is 2.21. The first-order valence-electron chi connectivity index (χ1n) is 7.14. The van der Waals surface area contributed by atoms with Crippen molar-refractivity contribution >= 4 is 11.7 Å². The Balaban J connectivity index is 1.54. The zero-order chi connectivity index (χ0) is 14.7. The molecule has 1 atom stereocenters. The van der Waals surface area contributed by atoms with Crippen LogP contribution in [0.2, 0.25) is 0 Å². The van der Waals surface area contributed by atoms with E-state index in [1.165, 1.54) is 0 Å². The Bertz CT molecular complexity index is 610. The number of aryl methyl sites for hydroxylation is 1. The van der Waals surface area contributed by atoms with E-state index in [1.54, 1.807) is 29.4 Å². The lowest BCUT2D eigenvalue weighted by molar-refractivity contribution is 0.205. The van der Waals surface area contributed by atoms with Crippen LogP contribution < -0.4 is 5.32 Å². The second kappa shape index (κ2) is 5.95. The van der Waals surface area contributed by atoms with Crippen LogP contribution in [0, 0.1) is 5.92 Å². The lowest BCUT2D eigenvalue weighted by atomic mass is 9.99. The van der Waals surface area contributed by atoms with E-state index in [-0.39, 0.29) is 6.03 Å². The average Bonchev–Trinajstić information content (AvgIpc) is 2.95. The molecule has 3 rings (SSSR count). The number of anilines is 1. The van der Waals surface area contributed by atoms with Gasteiger partial charge >= 0.3 is 6.03 Å². The summed E-state index contributed by atoms with van der Waals surface area (Å²) in [5.74, 6) is 1.62. The van der Waals surface area contributed by atoms with Crippen LogP contribution in [0.3, 0.4) is 0 Å². The van der Waals surface area contributed by atoms with E-state index in [4.69, 9.17) is 0 Å². The number of nitrogens with one attached hydrogen (secondary N) is 1. The molecule has 0 aromatic carbocycles. The lowest BCUT2D eigenvalue weighted by Gasteiger charge is -2.28. The smallest absolute Gasteiger partial charge is 0.321 e. The van der Waals surface area contributed by atoms with Crippen molar-refractivity contribution in [1.82, 2.24) is 19.4 Å². The molecule has 0 fully saturated rings. The molecule has 1 aliphatic heterocycles. The largest absolute Gasteiger partial charge is 0.335 e. The van der Waals surface area contributed by atoms with Crippen molar-refractivity contribution in [2.45, 2.75) is 19.4 Å². The third-order valence-corrected chi connectivity index (χ3v) is 3.84. The van der Waals surface area contributed by atoms with Crippen LogP contribution in [0.4, 0.5) is 10.5 Å². The molecule has 0 bridgehead atoms. The molecule has 0 saturated heterocycles. The SMILES string of the molecule is CN(CC1CCc2nccn2C1)C(=O)Nc1ccncc1. The third-order valence-electron chi connectivity index (χ3n) is 3.84. The van der Waals surface area contributed by atoms with E-state index in [9.17, 15) is 4.79 Å². The van der Waals surface area contributed by atoms with Crippen LogP contribution in [0.5, 0.6) is 0 Å². The fourth-order valence-electron chi connectivity index (χ4n) is 2.71. The standard InChI is InChI=1S/C15H19N5O/c1-19(15(21)18-13-4-6-16-7-5-13)10-12-2-3-14-17-8-9-20(14)11-12/h4-9,12H,2-3,10-11H2,1H3,(H,16,18,21). The molecule has 21 heavy (non-hydrogen) atoms. The minimum absolute atomic E-state index is 0.0855. The van der Waals surface area contributed by atoms with E-state index >= 15 is 0 Å². The summed E-state index contributed by atoms with van der Waals surface area (Å²) in [5.41, 5.74) is 0.766. The van der Waals surface area contributed by atoms with Crippen molar-refractivity contribution in [3.05, 3.63) is 42.7 Å². The summed E-state index contributed by atoms with van der Waals surface area (Å²) >= 11 is 0. The van der Waals surface area contributed by atoms with Gasteiger partial charge in [-0.3, -0.25) is 4.98 Å². The normalized spacial score (nSPS) is 17.1. The number of nitrogens with zero attached hydrogens (tertiary/aromatic N) is 4. The van der Waals surface area contributed by atoms with Crippen LogP contribution in [-0.4, -0.2) is 39.1 Å². The summed E-state index contributed by atoms with van der Waals surface area (Å²) in [6.07, 6.45) is 9.24. The van der Waals surface area contributed by atoms with Crippen molar-refractivity contribution in [2.24, 2.45) is 5.92 Å². The molecule has 6 nitrogen and oxygen atoms in total. The maximum atomic E-state index is 12.2. The van der Waals surface area contributed by atoms with Gasteiger partial charge in [0.1, 0.15) is 5.82 Å². The van der Waals surface area contributed by atoms with Crippen LogP contribution >= 0.6 is 0 Å². The highest BCUT2D eigenvalue weighted by atomic mass is 16.2. The highest BCUT2D eigenvalue weighted by molar-refractivity contribution is 5.88. The number of fused-ring (bicyclic) bond motifs is 1. The van der Waals surface area contributed by atoms with Gasteiger partial charge in [-0.15, -0.1) is 0 Å². The molecular weight excluding hydrogens is 266 g/mol. The first-order chi connectivity index (χ1) is 10.2. The summed E-state index contributed by atoms with van der Waals surface area (Å²) in [7, 11) is 1.83. The number of aromatic nitrogens is 3. The number of amides is 2. The van der Waals surface area contributed by atoms with E-state index in [0.717, 1.165) is 37.4 Å². The number of rotatable bonds is 3. The Morgan fingerprint density at radius 1 is 1.43 bits per heavy atom. The first-order valence-corrected chi connectivity index (χ1v) is 7.14. The zero-order valence-electron chi connectivity index (χ0n) is 12.1. The molecule has 0 radical (unpaired) electrons. The van der Waals surface area contributed by atoms with Crippen LogP contribution in [0.1, 0.15) is 12.2 Å². The minimum atomic E-state index is -0.0855. The Hall–Kier alpha value is -2.37. The highest BCUT2D eigenvalue weighted by Crippen LogP contribution is 2.19. The molecule has 3 heterocycles. The quantitative estimate of drug-likeness (QED) is 0.938. The fraction of sp³-hybridized carbons (Fsp3) is 0.400. The summed E-state index contributed by atoms with van der Waals surface area (Å²) in [6, 6.07) is 3.48. The number of urea groups is 1. The first kappa shape index (κ1) is 13.6. The van der Waals surface area contributed by atoms with Crippen LogP contribution in [0.15, 0.2) is 36.9 Å². The second-order valence-electron chi connectivity index (χ2n) is 5.45. The van der Waals surface area contributed by atoms with Crippen molar-refractivity contribution in [3.8, 4) is 0 Å². The molecule has 2 aromatic heterocycles. The van der Waals surface area contributed by atoms with Gasteiger partial charge in [-0.05, 0) is 24.5 Å². The predicted octanol–water partition coefficient (Wildman–Crippen LogP) is 2.00. The van der Waals surface area contributed by atoms with E-state index in [0.29, 0.717) is 5.92 Å². The van der Waals surface area contributed by atoms with Gasteiger partial charge in [0.25, 0.3) is 0 Å². The van der Waals surface area contributed by atoms with Crippen molar-refractivity contribution in [1.29, 1.82) is 0 Å². The van der Waals surface area contributed by atoms with Gasteiger partial charge in [0.2, 0.25) is 0 Å². The zero-order valence-corrected chi connectivity index (χ0v) is 12.1. The molecule has 1 unspecified atom stereocenters. The lowest BCUT2D eigenvalue weighted by Crippen LogP contribution is -2.37. The van der Waals surface area contributed by atoms with E-state index in [1.807, 2.05) is 19.4 Å². The molecule has 6 heteroatoms. The summed E-state index contributed by atoms with van der Waals surface area (Å²) in [4.78, 5) is 22.2. The number of imidazole rings is 1. The third kappa shape index (κ3) is 3.21. The molecular formula is C15H19N5O. The number of hydrogen-bond donors (Lipinski definition) is 1. The van der Waals surface area contributed by atoms with Crippen molar-refractivity contribution < 1.29 is 4.79 Å². The molecule has 0 spiro atoms. The van der Waals surface area contributed by atoms with E-state index in [2.05, 4.69) is 19.9 Å². The van der Waals surface area contributed by atoms with E-state index < -0.39 is 0 Å². The molecule has 0 saturated carbocycles. The maximum absolute atomic E-state index is 12.2. The minimum Gasteiger partial charge on any atom is -0.335 e. The van der Waals surface area contributed by atoms with Crippen LogP contribution in [-0.2, 0) is 13.0 Å². The second-order valence-corrected chi connectivity index (χ2v) is 5.45. The Morgan fingerprint density at radius 2 is 2.24 bits per heavy atom. The Kier molecular flexibility index (Phi) is 3.85. The molecule has 1 N–H and O–H groups in total. The Morgan fingerprint density at radius 3 is 3.05 bits per heavy atom. The summed E-state index contributed by atoms with van der Waals surface area (Å²) < 4.78 is 2.18. The van der Waals surface area contributed by atoms with Gasteiger partial charge in [0, 0.05) is 57.0 Å². The van der Waals surface area contributed by atoms with Crippen LogP contribution in [0.25, 0.3) is 0 Å². The average molecular weight is 285 g/mol. The van der Waals surface area contributed by atoms with Gasteiger partial charge < -0.3 is 14.8 Å². The number of hydrogen-bond acceptors (Lipinski definition) is 3. The van der Waals surface area contributed by atoms with Gasteiger partial charge in [-0.2, -0.15) is 0 Å². The summed E-state index contributed by atoms with van der Waals surface area (Å²) in [6.45, 7) is 1.68. The summed E-state index contributed by atoms with van der Waals surface area (Å²) in [5, 5.41) is 2.87. The number of carbonyl (C=O) groups excluding carboxylic acids is 1. The molecule has 0 aliphatic carbocycles. The monoisotopic (exact) mass is 285 g/mol. The predicted molar refractivity (Wildman–Crippen MR) is 79.9 cm³/mol. The molecule has 2 amide bonds. The van der Waals surface area contributed by atoms with Gasteiger partial charge in [-0.1, -0.05) is 0 Å². The Labute approximate surface area is 123 Å². The fourth-order valence-corrected chi connectivity index (χ4v) is 2.71. The number of carbonyl (C=O) groups is 1. The van der Waals surface area contributed by atoms with Gasteiger partial charge in [-0.25, -0.2) is 9.78 Å². The van der Waals surface area contributed by atoms with Crippen molar-refractivity contribution in [2.75, 3.05) is 18.9 Å². The maximum Gasteiger partial charge on any atom is 0.321 e. The van der Waals surface area contributed by atoms with Gasteiger partial charge in [0.15, 0.2) is 0 Å². The molecule has 110 valence electrons. The molecule has 2 aromatic rings. The number of pyridine rings is 1. The van der Waals surface area contributed by atoms with Crippen molar-refractivity contribution in [3.63, 3.8) is 0 Å².